The van der Waals surface area contributed by atoms with Crippen LogP contribution in [0.25, 0.3) is 0 Å². The molecule has 6 nitrogen and oxygen atoms in total. The number of carbonyl (C=O) groups excluding carboxylic acids is 1. The Hall–Kier alpha value is -3.28. The van der Waals surface area contributed by atoms with Crippen molar-refractivity contribution in [1.82, 2.24) is 15.2 Å². The smallest absolute Gasteiger partial charge is 0.276 e. The number of carbonyl (C=O) groups is 1. The summed E-state index contributed by atoms with van der Waals surface area (Å²) < 4.78 is 0. The second kappa shape index (κ2) is 7.32. The van der Waals surface area contributed by atoms with Crippen molar-refractivity contribution >= 4 is 17.4 Å². The number of nitrogens with zero attached hydrogens (tertiary/aromatic N) is 3. The molecule has 0 saturated carbocycles. The molecule has 2 N–H and O–H groups in total. The SMILES string of the molecule is C[C@H](Nc1ccc(C(=O)Nc2ccccc2)nn1)c1ccccn1. The van der Waals surface area contributed by atoms with Crippen LogP contribution in [0.2, 0.25) is 0 Å². The highest BCUT2D eigenvalue weighted by Gasteiger charge is 2.10. The van der Waals surface area contributed by atoms with Crippen molar-refractivity contribution in [2.24, 2.45) is 0 Å². The zero-order valence-electron chi connectivity index (χ0n) is 13.2. The molecule has 0 aliphatic heterocycles. The van der Waals surface area contributed by atoms with Gasteiger partial charge in [0.1, 0.15) is 5.82 Å². The molecule has 3 aromatic rings. The van der Waals surface area contributed by atoms with Crippen molar-refractivity contribution in [3.8, 4) is 0 Å². The first-order valence-electron chi connectivity index (χ1n) is 7.60. The topological polar surface area (TPSA) is 79.8 Å². The van der Waals surface area contributed by atoms with Crippen LogP contribution in [-0.2, 0) is 0 Å². The third-order valence-electron chi connectivity index (χ3n) is 3.42. The fourth-order valence-electron chi connectivity index (χ4n) is 2.17. The first-order valence-corrected chi connectivity index (χ1v) is 7.60. The third kappa shape index (κ3) is 3.92. The molecule has 1 atom stereocenters. The molecule has 0 spiro atoms. The highest BCUT2D eigenvalue weighted by molar-refractivity contribution is 6.02. The molecule has 6 heteroatoms. The Bertz CT molecular complexity index is 791. The van der Waals surface area contributed by atoms with Gasteiger partial charge in [-0.15, -0.1) is 10.2 Å². The minimum Gasteiger partial charge on any atom is -0.360 e. The highest BCUT2D eigenvalue weighted by Crippen LogP contribution is 2.15. The Morgan fingerprint density at radius 2 is 1.75 bits per heavy atom. The lowest BCUT2D eigenvalue weighted by molar-refractivity contribution is 0.102. The fourth-order valence-corrected chi connectivity index (χ4v) is 2.17. The highest BCUT2D eigenvalue weighted by atomic mass is 16.1. The minimum absolute atomic E-state index is 0.00973. The number of pyridine rings is 1. The Balaban J connectivity index is 1.64. The molecule has 0 radical (unpaired) electrons. The van der Waals surface area contributed by atoms with Crippen LogP contribution in [-0.4, -0.2) is 21.1 Å². The predicted octanol–water partition coefficient (Wildman–Crippen LogP) is 3.30. The number of anilines is 2. The molecule has 0 saturated heterocycles. The Kier molecular flexibility index (Phi) is 4.76. The van der Waals surface area contributed by atoms with Crippen molar-refractivity contribution in [2.45, 2.75) is 13.0 Å². The number of aromatic nitrogens is 3. The Morgan fingerprint density at radius 1 is 0.958 bits per heavy atom. The number of amides is 1. The van der Waals surface area contributed by atoms with Crippen molar-refractivity contribution < 1.29 is 4.79 Å². The maximum absolute atomic E-state index is 12.1. The van der Waals surface area contributed by atoms with Gasteiger partial charge in [-0.25, -0.2) is 0 Å². The first-order chi connectivity index (χ1) is 11.7. The zero-order valence-corrected chi connectivity index (χ0v) is 13.2. The second-order valence-corrected chi connectivity index (χ2v) is 5.24. The molecule has 0 unspecified atom stereocenters. The van der Waals surface area contributed by atoms with Crippen LogP contribution in [0.15, 0.2) is 66.9 Å². The van der Waals surface area contributed by atoms with Gasteiger partial charge in [0.05, 0.1) is 11.7 Å². The summed E-state index contributed by atoms with van der Waals surface area (Å²) in [7, 11) is 0. The number of benzene rings is 1. The summed E-state index contributed by atoms with van der Waals surface area (Å²) >= 11 is 0. The molecule has 0 aliphatic carbocycles. The molecule has 24 heavy (non-hydrogen) atoms. The molecule has 3 rings (SSSR count). The summed E-state index contributed by atoms with van der Waals surface area (Å²) in [6.07, 6.45) is 1.75. The molecule has 1 amide bonds. The van der Waals surface area contributed by atoms with E-state index in [-0.39, 0.29) is 17.6 Å². The lowest BCUT2D eigenvalue weighted by Gasteiger charge is -2.13. The van der Waals surface area contributed by atoms with Crippen LogP contribution >= 0.6 is 0 Å². The molecule has 0 aliphatic rings. The molecular weight excluding hydrogens is 302 g/mol. The molecule has 2 heterocycles. The molecule has 1 aromatic carbocycles. The van der Waals surface area contributed by atoms with E-state index in [4.69, 9.17) is 0 Å². The van der Waals surface area contributed by atoms with Gasteiger partial charge >= 0.3 is 0 Å². The molecular formula is C18H17N5O. The van der Waals surface area contributed by atoms with Crippen molar-refractivity contribution in [1.29, 1.82) is 0 Å². The minimum atomic E-state index is -0.293. The fraction of sp³-hybridized carbons (Fsp3) is 0.111. The van der Waals surface area contributed by atoms with E-state index in [1.54, 1.807) is 18.3 Å². The number of rotatable bonds is 5. The van der Waals surface area contributed by atoms with Crippen LogP contribution < -0.4 is 10.6 Å². The largest absolute Gasteiger partial charge is 0.360 e. The van der Waals surface area contributed by atoms with Gasteiger partial charge in [-0.2, -0.15) is 0 Å². The summed E-state index contributed by atoms with van der Waals surface area (Å²) in [6, 6.07) is 18.3. The van der Waals surface area contributed by atoms with E-state index in [2.05, 4.69) is 25.8 Å². The Labute approximate surface area is 140 Å². The van der Waals surface area contributed by atoms with Gasteiger partial charge in [-0.05, 0) is 43.3 Å². The normalized spacial score (nSPS) is 11.5. The Morgan fingerprint density at radius 3 is 2.42 bits per heavy atom. The van der Waals surface area contributed by atoms with Crippen molar-refractivity contribution in [3.05, 3.63) is 78.2 Å². The summed E-state index contributed by atoms with van der Waals surface area (Å²) in [6.45, 7) is 1.99. The predicted molar refractivity (Wildman–Crippen MR) is 92.7 cm³/mol. The van der Waals surface area contributed by atoms with E-state index < -0.39 is 0 Å². The summed E-state index contributed by atoms with van der Waals surface area (Å²) in [5.74, 6) is 0.294. The number of para-hydroxylation sites is 1. The molecule has 0 bridgehead atoms. The summed E-state index contributed by atoms with van der Waals surface area (Å²) in [4.78, 5) is 16.4. The number of hydrogen-bond acceptors (Lipinski definition) is 5. The maximum Gasteiger partial charge on any atom is 0.276 e. The second-order valence-electron chi connectivity index (χ2n) is 5.24. The van der Waals surface area contributed by atoms with Gasteiger partial charge in [0.2, 0.25) is 0 Å². The van der Waals surface area contributed by atoms with Crippen LogP contribution in [0.4, 0.5) is 11.5 Å². The van der Waals surface area contributed by atoms with Gasteiger partial charge in [0.15, 0.2) is 5.69 Å². The quantitative estimate of drug-likeness (QED) is 0.754. The van der Waals surface area contributed by atoms with E-state index in [9.17, 15) is 4.79 Å². The van der Waals surface area contributed by atoms with Gasteiger partial charge in [0.25, 0.3) is 5.91 Å². The molecule has 120 valence electrons. The average molecular weight is 319 g/mol. The molecule has 0 fully saturated rings. The van der Waals surface area contributed by atoms with Gasteiger partial charge in [-0.3, -0.25) is 9.78 Å². The summed E-state index contributed by atoms with van der Waals surface area (Å²) in [5, 5.41) is 14.0. The van der Waals surface area contributed by atoms with Gasteiger partial charge in [-0.1, -0.05) is 24.3 Å². The maximum atomic E-state index is 12.1. The lowest BCUT2D eigenvalue weighted by Crippen LogP contribution is -2.15. The third-order valence-corrected chi connectivity index (χ3v) is 3.42. The van der Waals surface area contributed by atoms with Gasteiger partial charge in [0, 0.05) is 11.9 Å². The average Bonchev–Trinajstić information content (AvgIpc) is 2.64. The number of hydrogen-bond donors (Lipinski definition) is 2. The van der Waals surface area contributed by atoms with Crippen molar-refractivity contribution in [3.63, 3.8) is 0 Å². The lowest BCUT2D eigenvalue weighted by atomic mass is 10.2. The van der Waals surface area contributed by atoms with E-state index >= 15 is 0 Å². The van der Waals surface area contributed by atoms with Crippen LogP contribution in [0.1, 0.15) is 29.1 Å². The van der Waals surface area contributed by atoms with E-state index in [0.29, 0.717) is 5.82 Å². The molecule has 2 aromatic heterocycles. The standard InChI is InChI=1S/C18H17N5O/c1-13(15-9-5-6-12-19-15)20-17-11-10-16(22-23-17)18(24)21-14-7-3-2-4-8-14/h2-13H,1H3,(H,20,23)(H,21,24)/t13-/m0/s1. The number of nitrogens with one attached hydrogen (secondary N) is 2. The van der Waals surface area contributed by atoms with Crippen LogP contribution in [0.5, 0.6) is 0 Å². The van der Waals surface area contributed by atoms with E-state index in [0.717, 1.165) is 11.4 Å². The summed E-state index contributed by atoms with van der Waals surface area (Å²) in [5.41, 5.74) is 1.88. The van der Waals surface area contributed by atoms with Crippen LogP contribution in [0.3, 0.4) is 0 Å². The monoisotopic (exact) mass is 319 g/mol. The van der Waals surface area contributed by atoms with Crippen LogP contribution in [0, 0.1) is 0 Å². The van der Waals surface area contributed by atoms with E-state index in [1.165, 1.54) is 0 Å². The zero-order chi connectivity index (χ0) is 16.8. The first kappa shape index (κ1) is 15.6. The van der Waals surface area contributed by atoms with Gasteiger partial charge < -0.3 is 10.6 Å². The van der Waals surface area contributed by atoms with E-state index in [1.807, 2.05) is 55.5 Å². The van der Waals surface area contributed by atoms with Crippen molar-refractivity contribution in [2.75, 3.05) is 10.6 Å².